The van der Waals surface area contributed by atoms with Gasteiger partial charge in [0.05, 0.1) is 6.10 Å². The number of carbonyl (C=O) groups excluding carboxylic acids is 1. The molecule has 5 nitrogen and oxygen atoms in total. The van der Waals surface area contributed by atoms with Gasteiger partial charge < -0.3 is 20.2 Å². The number of nitrogens with zero attached hydrogens (tertiary/aromatic N) is 2. The quantitative estimate of drug-likeness (QED) is 0.540. The maximum absolute atomic E-state index is 13.6. The molecule has 1 aliphatic carbocycles. The Balaban J connectivity index is 1.04. The van der Waals surface area contributed by atoms with Gasteiger partial charge in [-0.15, -0.1) is 0 Å². The van der Waals surface area contributed by atoms with Crippen molar-refractivity contribution in [1.29, 1.82) is 0 Å². The molecule has 3 heterocycles. The average molecular weight is 547 g/mol. The summed E-state index contributed by atoms with van der Waals surface area (Å²) < 4.78 is 14.1. The van der Waals surface area contributed by atoms with Crippen LogP contribution in [-0.4, -0.2) is 72.4 Å². The van der Waals surface area contributed by atoms with Crippen molar-refractivity contribution < 1.29 is 14.3 Å². The molecular weight excluding hydrogens is 509 g/mol. The zero-order valence-corrected chi connectivity index (χ0v) is 22.0. The van der Waals surface area contributed by atoms with E-state index in [1.807, 2.05) is 17.1 Å². The van der Waals surface area contributed by atoms with Gasteiger partial charge in [0, 0.05) is 54.6 Å². The number of alkyl halides is 1. The second-order valence-corrected chi connectivity index (χ2v) is 11.7. The molecule has 2 fully saturated rings. The first-order valence-corrected chi connectivity index (χ1v) is 13.9. The van der Waals surface area contributed by atoms with Crippen LogP contribution < -0.4 is 5.32 Å². The summed E-state index contributed by atoms with van der Waals surface area (Å²) in [5, 5.41) is 14.6. The summed E-state index contributed by atoms with van der Waals surface area (Å²) in [5.41, 5.74) is 4.03. The van der Waals surface area contributed by atoms with E-state index in [0.29, 0.717) is 23.7 Å². The smallest absolute Gasteiger partial charge is 0.222 e. The summed E-state index contributed by atoms with van der Waals surface area (Å²) in [6.07, 6.45) is 7.90. The highest BCUT2D eigenvalue weighted by molar-refractivity contribution is 9.11. The number of aliphatic hydroxyl groups is 1. The molecule has 3 aliphatic heterocycles. The van der Waals surface area contributed by atoms with E-state index in [9.17, 15) is 14.3 Å². The summed E-state index contributed by atoms with van der Waals surface area (Å²) in [6.45, 7) is 5.24. The lowest BCUT2D eigenvalue weighted by atomic mass is 9.74. The number of piperidine rings is 2. The highest BCUT2D eigenvalue weighted by Crippen LogP contribution is 2.43. The van der Waals surface area contributed by atoms with Gasteiger partial charge in [-0.25, -0.2) is 4.39 Å². The molecule has 7 heteroatoms. The lowest BCUT2D eigenvalue weighted by Crippen LogP contribution is -2.48. The van der Waals surface area contributed by atoms with Crippen LogP contribution in [0.3, 0.4) is 0 Å². The van der Waals surface area contributed by atoms with Crippen molar-refractivity contribution in [3.05, 3.63) is 52.0 Å². The van der Waals surface area contributed by atoms with Crippen molar-refractivity contribution in [2.24, 2.45) is 5.92 Å². The van der Waals surface area contributed by atoms with Crippen LogP contribution in [-0.2, 0) is 10.2 Å². The molecule has 2 unspecified atom stereocenters. The number of aliphatic hydroxyl groups excluding tert-OH is 1. The SMILES string of the molecule is O=C(CCC1=CCC(F)C(Br)=C1)N1CCC(C(O)CN2CCC3(CC2)CNc2ccccc23)CC1. The van der Waals surface area contributed by atoms with Crippen LogP contribution in [0.5, 0.6) is 0 Å². The number of hydrogen-bond acceptors (Lipinski definition) is 4. The minimum Gasteiger partial charge on any atom is -0.392 e. The fourth-order valence-corrected chi connectivity index (χ4v) is 6.77. The minimum absolute atomic E-state index is 0.164. The minimum atomic E-state index is -0.956. The van der Waals surface area contributed by atoms with Crippen LogP contribution in [0, 0.1) is 5.92 Å². The van der Waals surface area contributed by atoms with Crippen LogP contribution >= 0.6 is 15.9 Å². The molecule has 2 N–H and O–H groups in total. The van der Waals surface area contributed by atoms with Crippen LogP contribution in [0.2, 0.25) is 0 Å². The predicted molar refractivity (Wildman–Crippen MR) is 141 cm³/mol. The molecule has 0 bridgehead atoms. The van der Waals surface area contributed by atoms with E-state index >= 15 is 0 Å². The molecule has 1 aromatic rings. The second kappa shape index (κ2) is 10.7. The molecule has 2 atom stereocenters. The molecule has 1 amide bonds. The summed E-state index contributed by atoms with van der Waals surface area (Å²) in [4.78, 5) is 17.1. The highest BCUT2D eigenvalue weighted by Gasteiger charge is 2.41. The molecule has 0 radical (unpaired) electrons. The third-order valence-corrected chi connectivity index (χ3v) is 9.37. The van der Waals surface area contributed by atoms with Crippen molar-refractivity contribution in [3.8, 4) is 0 Å². The number of halogens is 2. The fraction of sp³-hybridized carbons (Fsp3) is 0.607. The van der Waals surface area contributed by atoms with Crippen molar-refractivity contribution >= 4 is 27.5 Å². The van der Waals surface area contributed by atoms with Crippen molar-refractivity contribution in [2.45, 2.75) is 62.6 Å². The van der Waals surface area contributed by atoms with Gasteiger partial charge in [-0.2, -0.15) is 0 Å². The topological polar surface area (TPSA) is 55.8 Å². The Morgan fingerprint density at radius 1 is 1.20 bits per heavy atom. The summed E-state index contributed by atoms with van der Waals surface area (Å²) in [5.74, 6) is 0.419. The molecule has 5 rings (SSSR count). The Morgan fingerprint density at radius 2 is 1.94 bits per heavy atom. The first-order valence-electron chi connectivity index (χ1n) is 13.2. The Hall–Kier alpha value is -1.70. The number of carbonyl (C=O) groups is 1. The van der Waals surface area contributed by atoms with E-state index in [-0.39, 0.29) is 23.3 Å². The monoisotopic (exact) mass is 545 g/mol. The number of nitrogens with one attached hydrogen (secondary N) is 1. The number of fused-ring (bicyclic) bond motifs is 2. The first-order chi connectivity index (χ1) is 16.9. The van der Waals surface area contributed by atoms with Crippen molar-refractivity contribution in [2.75, 3.05) is 44.6 Å². The Kier molecular flexibility index (Phi) is 7.66. The number of para-hydroxylation sites is 1. The summed E-state index contributed by atoms with van der Waals surface area (Å²) >= 11 is 3.28. The van der Waals surface area contributed by atoms with Gasteiger partial charge >= 0.3 is 0 Å². The van der Waals surface area contributed by atoms with Gasteiger partial charge in [0.1, 0.15) is 6.17 Å². The van der Waals surface area contributed by atoms with Crippen LogP contribution in [0.1, 0.15) is 50.5 Å². The third kappa shape index (κ3) is 5.52. The maximum Gasteiger partial charge on any atom is 0.222 e. The average Bonchev–Trinajstić information content (AvgIpc) is 3.24. The molecule has 0 aromatic heterocycles. The highest BCUT2D eigenvalue weighted by atomic mass is 79.9. The standard InChI is InChI=1S/C28H37BrFN3O2/c29-23-17-20(5-7-24(23)30)6-8-27(35)33-13-9-21(10-14-33)26(34)18-32-15-11-28(12-16-32)19-31-25-4-2-1-3-22(25)28/h1-5,17,21,24,26,31,34H,6-16,18-19H2. The number of amides is 1. The third-order valence-electron chi connectivity index (χ3n) is 8.65. The number of allylic oxidation sites excluding steroid dienone is 4. The molecule has 4 aliphatic rings. The second-order valence-electron chi connectivity index (χ2n) is 10.8. The van der Waals surface area contributed by atoms with Gasteiger partial charge in [0.2, 0.25) is 5.91 Å². The van der Waals surface area contributed by atoms with Crippen molar-refractivity contribution in [3.63, 3.8) is 0 Å². The van der Waals surface area contributed by atoms with E-state index in [2.05, 4.69) is 50.4 Å². The maximum atomic E-state index is 13.6. The zero-order chi connectivity index (χ0) is 24.4. The zero-order valence-electron chi connectivity index (χ0n) is 20.4. The van der Waals surface area contributed by atoms with E-state index in [1.54, 1.807) is 0 Å². The van der Waals surface area contributed by atoms with E-state index in [0.717, 1.165) is 70.5 Å². The molecule has 1 aromatic carbocycles. The van der Waals surface area contributed by atoms with E-state index < -0.39 is 6.17 Å². The molecular formula is C28H37BrFN3O2. The van der Waals surface area contributed by atoms with Crippen LogP contribution in [0.15, 0.2) is 46.5 Å². The molecule has 1 spiro atoms. The Morgan fingerprint density at radius 3 is 2.69 bits per heavy atom. The fourth-order valence-electron chi connectivity index (χ4n) is 6.29. The number of benzene rings is 1. The van der Waals surface area contributed by atoms with Crippen LogP contribution in [0.25, 0.3) is 0 Å². The molecule has 35 heavy (non-hydrogen) atoms. The number of anilines is 1. The number of likely N-dealkylation sites (tertiary alicyclic amines) is 2. The van der Waals surface area contributed by atoms with E-state index in [1.165, 1.54) is 11.3 Å². The molecule has 0 saturated carbocycles. The lowest BCUT2D eigenvalue weighted by Gasteiger charge is -2.41. The lowest BCUT2D eigenvalue weighted by molar-refractivity contribution is -0.133. The molecule has 190 valence electrons. The first kappa shape index (κ1) is 25.0. The van der Waals surface area contributed by atoms with Gasteiger partial charge in [0.15, 0.2) is 0 Å². The summed E-state index contributed by atoms with van der Waals surface area (Å²) in [7, 11) is 0. The van der Waals surface area contributed by atoms with Gasteiger partial charge in [0.25, 0.3) is 0 Å². The number of hydrogen-bond donors (Lipinski definition) is 2. The Labute approximate surface area is 216 Å². The van der Waals surface area contributed by atoms with Gasteiger partial charge in [-0.3, -0.25) is 4.79 Å². The Bertz CT molecular complexity index is 980. The van der Waals surface area contributed by atoms with Crippen LogP contribution in [0.4, 0.5) is 10.1 Å². The van der Waals surface area contributed by atoms with Crippen molar-refractivity contribution in [1.82, 2.24) is 9.80 Å². The normalized spacial score (nSPS) is 25.6. The van der Waals surface area contributed by atoms with Gasteiger partial charge in [-0.1, -0.05) is 45.8 Å². The number of rotatable bonds is 6. The number of β-amino-alcohol motifs (C(OH)–C–C–N with tert-alkyl or cyclic N) is 1. The predicted octanol–water partition coefficient (Wildman–Crippen LogP) is 4.77. The molecule has 2 saturated heterocycles. The summed E-state index contributed by atoms with van der Waals surface area (Å²) in [6, 6.07) is 8.70. The van der Waals surface area contributed by atoms with E-state index in [4.69, 9.17) is 0 Å². The van der Waals surface area contributed by atoms with Gasteiger partial charge in [-0.05, 0) is 68.8 Å². The largest absolute Gasteiger partial charge is 0.392 e.